The van der Waals surface area contributed by atoms with Gasteiger partial charge in [-0.3, -0.25) is 9.78 Å². The van der Waals surface area contributed by atoms with Crippen LogP contribution in [0.5, 0.6) is 0 Å². The highest BCUT2D eigenvalue weighted by atomic mass is 16.4. The van der Waals surface area contributed by atoms with Crippen LogP contribution in [0, 0.1) is 13.8 Å². The zero-order valence-electron chi connectivity index (χ0n) is 13.7. The van der Waals surface area contributed by atoms with E-state index < -0.39 is 0 Å². The summed E-state index contributed by atoms with van der Waals surface area (Å²) in [5.41, 5.74) is 3.72. The molecule has 3 aromatic rings. The number of hydrogen-bond acceptors (Lipinski definition) is 4. The van der Waals surface area contributed by atoms with Crippen molar-refractivity contribution in [1.82, 2.24) is 15.3 Å². The number of carbonyl (C=O) groups excluding carboxylic acids is 1. The van der Waals surface area contributed by atoms with Gasteiger partial charge in [-0.2, -0.15) is 0 Å². The molecule has 1 amide bonds. The number of aryl methyl sites for hydroxylation is 2. The second-order valence-corrected chi connectivity index (χ2v) is 5.70. The highest BCUT2D eigenvalue weighted by molar-refractivity contribution is 5.78. The van der Waals surface area contributed by atoms with Crippen molar-refractivity contribution in [2.75, 3.05) is 0 Å². The maximum atomic E-state index is 12.1. The molecule has 0 saturated heterocycles. The summed E-state index contributed by atoms with van der Waals surface area (Å²) in [5, 5.41) is 2.91. The lowest BCUT2D eigenvalue weighted by molar-refractivity contribution is -0.120. The summed E-state index contributed by atoms with van der Waals surface area (Å²) in [6.45, 7) is 4.36. The lowest BCUT2D eigenvalue weighted by atomic mass is 10.1. The van der Waals surface area contributed by atoms with E-state index in [1.54, 1.807) is 12.4 Å². The summed E-state index contributed by atoms with van der Waals surface area (Å²) in [7, 11) is 0. The standard InChI is InChI=1S/C19H19N3O2/c1-13-5-7-15(8-6-13)11-21-18(23)10-17-14(2)24-19(22-17)16-4-3-9-20-12-16/h3-9,12H,10-11H2,1-2H3,(H,21,23). The van der Waals surface area contributed by atoms with Gasteiger partial charge in [0.05, 0.1) is 17.7 Å². The van der Waals surface area contributed by atoms with E-state index in [-0.39, 0.29) is 12.3 Å². The summed E-state index contributed by atoms with van der Waals surface area (Å²) >= 11 is 0. The van der Waals surface area contributed by atoms with Gasteiger partial charge >= 0.3 is 0 Å². The van der Waals surface area contributed by atoms with Gasteiger partial charge in [-0.15, -0.1) is 0 Å². The highest BCUT2D eigenvalue weighted by Crippen LogP contribution is 2.20. The molecule has 5 nitrogen and oxygen atoms in total. The Morgan fingerprint density at radius 3 is 2.67 bits per heavy atom. The van der Waals surface area contributed by atoms with Crippen molar-refractivity contribution in [2.45, 2.75) is 26.8 Å². The smallest absolute Gasteiger partial charge is 0.228 e. The number of rotatable bonds is 5. The average Bonchev–Trinajstić information content (AvgIpc) is 2.96. The van der Waals surface area contributed by atoms with Crippen LogP contribution < -0.4 is 5.32 Å². The van der Waals surface area contributed by atoms with Gasteiger partial charge in [0.25, 0.3) is 0 Å². The van der Waals surface area contributed by atoms with E-state index in [0.717, 1.165) is 11.1 Å². The molecule has 24 heavy (non-hydrogen) atoms. The molecule has 1 N–H and O–H groups in total. The van der Waals surface area contributed by atoms with Crippen molar-refractivity contribution >= 4 is 5.91 Å². The molecule has 0 bridgehead atoms. The van der Waals surface area contributed by atoms with Gasteiger partial charge < -0.3 is 9.73 Å². The van der Waals surface area contributed by atoms with Crippen LogP contribution in [-0.4, -0.2) is 15.9 Å². The number of nitrogens with zero attached hydrogens (tertiary/aromatic N) is 2. The zero-order valence-corrected chi connectivity index (χ0v) is 13.7. The number of carbonyl (C=O) groups is 1. The molecular formula is C19H19N3O2. The van der Waals surface area contributed by atoms with Crippen LogP contribution in [0.1, 0.15) is 22.6 Å². The Bertz CT molecular complexity index is 824. The summed E-state index contributed by atoms with van der Waals surface area (Å²) in [4.78, 5) is 20.6. The minimum absolute atomic E-state index is 0.0790. The third-order valence-corrected chi connectivity index (χ3v) is 3.74. The molecule has 5 heteroatoms. The Balaban J connectivity index is 1.62. The fraction of sp³-hybridized carbons (Fsp3) is 0.211. The van der Waals surface area contributed by atoms with Crippen LogP contribution in [0.4, 0.5) is 0 Å². The molecule has 3 rings (SSSR count). The maximum Gasteiger partial charge on any atom is 0.228 e. The van der Waals surface area contributed by atoms with E-state index in [2.05, 4.69) is 15.3 Å². The van der Waals surface area contributed by atoms with Gasteiger partial charge in [-0.05, 0) is 31.5 Å². The maximum absolute atomic E-state index is 12.1. The van der Waals surface area contributed by atoms with Crippen molar-refractivity contribution < 1.29 is 9.21 Å². The minimum atomic E-state index is -0.0790. The van der Waals surface area contributed by atoms with E-state index in [0.29, 0.717) is 23.9 Å². The van der Waals surface area contributed by atoms with Crippen molar-refractivity contribution in [3.05, 3.63) is 71.4 Å². The van der Waals surface area contributed by atoms with Gasteiger partial charge in [0.1, 0.15) is 5.76 Å². The predicted molar refractivity (Wildman–Crippen MR) is 91.2 cm³/mol. The Labute approximate surface area is 140 Å². The summed E-state index contributed by atoms with van der Waals surface area (Å²) in [6, 6.07) is 11.8. The molecule has 0 aliphatic rings. The zero-order chi connectivity index (χ0) is 16.9. The fourth-order valence-electron chi connectivity index (χ4n) is 2.33. The second kappa shape index (κ2) is 7.08. The number of amides is 1. The monoisotopic (exact) mass is 321 g/mol. The first-order valence-electron chi connectivity index (χ1n) is 7.81. The molecule has 0 aliphatic carbocycles. The molecule has 0 radical (unpaired) electrons. The molecule has 0 aliphatic heterocycles. The molecule has 0 spiro atoms. The van der Waals surface area contributed by atoms with Crippen molar-refractivity contribution in [3.8, 4) is 11.5 Å². The molecule has 0 unspecified atom stereocenters. The SMILES string of the molecule is Cc1ccc(CNC(=O)Cc2nc(-c3cccnc3)oc2C)cc1. The first-order chi connectivity index (χ1) is 11.6. The van der Waals surface area contributed by atoms with Crippen LogP contribution >= 0.6 is 0 Å². The molecule has 0 atom stereocenters. The molecule has 1 aromatic carbocycles. The van der Waals surface area contributed by atoms with Gasteiger partial charge in [0.2, 0.25) is 11.8 Å². The summed E-state index contributed by atoms with van der Waals surface area (Å²) in [5.74, 6) is 1.06. The van der Waals surface area contributed by atoms with Crippen LogP contribution in [0.25, 0.3) is 11.5 Å². The largest absolute Gasteiger partial charge is 0.441 e. The van der Waals surface area contributed by atoms with Crippen molar-refractivity contribution in [1.29, 1.82) is 0 Å². The lowest BCUT2D eigenvalue weighted by Crippen LogP contribution is -2.24. The highest BCUT2D eigenvalue weighted by Gasteiger charge is 2.14. The third-order valence-electron chi connectivity index (χ3n) is 3.74. The Hall–Kier alpha value is -2.95. The molecule has 0 saturated carbocycles. The van der Waals surface area contributed by atoms with Gasteiger partial charge in [0.15, 0.2) is 0 Å². The Morgan fingerprint density at radius 1 is 1.17 bits per heavy atom. The van der Waals surface area contributed by atoms with Crippen LogP contribution in [0.2, 0.25) is 0 Å². The predicted octanol–water partition coefficient (Wildman–Crippen LogP) is 3.21. The first-order valence-corrected chi connectivity index (χ1v) is 7.81. The first kappa shape index (κ1) is 15.9. The topological polar surface area (TPSA) is 68.0 Å². The lowest BCUT2D eigenvalue weighted by Gasteiger charge is -2.05. The van der Waals surface area contributed by atoms with Crippen molar-refractivity contribution in [2.24, 2.45) is 0 Å². The number of oxazole rings is 1. The fourth-order valence-corrected chi connectivity index (χ4v) is 2.33. The number of benzene rings is 1. The number of hydrogen-bond donors (Lipinski definition) is 1. The second-order valence-electron chi connectivity index (χ2n) is 5.70. The van der Waals surface area contributed by atoms with Crippen LogP contribution in [0.3, 0.4) is 0 Å². The Kier molecular flexibility index (Phi) is 4.70. The number of pyridine rings is 1. The number of aromatic nitrogens is 2. The molecule has 2 aromatic heterocycles. The van der Waals surface area contributed by atoms with Crippen LogP contribution in [-0.2, 0) is 17.8 Å². The van der Waals surface area contributed by atoms with E-state index in [4.69, 9.17) is 4.42 Å². The van der Waals surface area contributed by atoms with Gasteiger partial charge in [-0.25, -0.2) is 4.98 Å². The molecular weight excluding hydrogens is 302 g/mol. The third kappa shape index (κ3) is 3.87. The van der Waals surface area contributed by atoms with E-state index in [1.807, 2.05) is 50.2 Å². The van der Waals surface area contributed by atoms with E-state index >= 15 is 0 Å². The quantitative estimate of drug-likeness (QED) is 0.783. The molecule has 2 heterocycles. The minimum Gasteiger partial charge on any atom is -0.441 e. The average molecular weight is 321 g/mol. The molecule has 0 fully saturated rings. The van der Waals surface area contributed by atoms with Gasteiger partial charge in [-0.1, -0.05) is 29.8 Å². The number of nitrogens with one attached hydrogen (secondary N) is 1. The van der Waals surface area contributed by atoms with Crippen LogP contribution in [0.15, 0.2) is 53.2 Å². The summed E-state index contributed by atoms with van der Waals surface area (Å²) < 4.78 is 5.65. The van der Waals surface area contributed by atoms with E-state index in [9.17, 15) is 4.79 Å². The normalized spacial score (nSPS) is 10.6. The Morgan fingerprint density at radius 2 is 1.96 bits per heavy atom. The summed E-state index contributed by atoms with van der Waals surface area (Å²) in [6.07, 6.45) is 3.58. The van der Waals surface area contributed by atoms with Crippen molar-refractivity contribution in [3.63, 3.8) is 0 Å². The van der Waals surface area contributed by atoms with Gasteiger partial charge in [0, 0.05) is 18.9 Å². The molecule has 122 valence electrons. The van der Waals surface area contributed by atoms with E-state index in [1.165, 1.54) is 5.56 Å².